The molecular weight excluding hydrogens is 294 g/mol. The van der Waals surface area contributed by atoms with E-state index in [1.165, 1.54) is 4.31 Å². The van der Waals surface area contributed by atoms with Gasteiger partial charge in [0.25, 0.3) is 10.2 Å². The van der Waals surface area contributed by atoms with Gasteiger partial charge in [0.05, 0.1) is 12.5 Å². The molecule has 0 aromatic heterocycles. The molecule has 2 atom stereocenters. The summed E-state index contributed by atoms with van der Waals surface area (Å²) in [5, 5.41) is 0. The molecule has 8 heteroatoms. The Kier molecular flexibility index (Phi) is 7.05. The van der Waals surface area contributed by atoms with Crippen LogP contribution in [0.4, 0.5) is 0 Å². The maximum Gasteiger partial charge on any atom is 0.310 e. The van der Waals surface area contributed by atoms with Gasteiger partial charge in [0.2, 0.25) is 0 Å². The van der Waals surface area contributed by atoms with Crippen molar-refractivity contribution in [1.29, 1.82) is 0 Å². The van der Waals surface area contributed by atoms with Gasteiger partial charge in [0, 0.05) is 25.7 Å². The Morgan fingerprint density at radius 3 is 2.71 bits per heavy atom. The van der Waals surface area contributed by atoms with E-state index in [2.05, 4.69) is 4.72 Å². The number of hydrogen-bond donors (Lipinski definition) is 2. The van der Waals surface area contributed by atoms with E-state index in [4.69, 9.17) is 10.5 Å². The molecule has 124 valence electrons. The van der Waals surface area contributed by atoms with E-state index in [1.54, 1.807) is 6.92 Å². The molecule has 3 N–H and O–H groups in total. The average Bonchev–Trinajstić information content (AvgIpc) is 2.45. The van der Waals surface area contributed by atoms with Gasteiger partial charge in [-0.3, -0.25) is 4.79 Å². The molecule has 2 unspecified atom stereocenters. The van der Waals surface area contributed by atoms with Gasteiger partial charge in [-0.2, -0.15) is 12.7 Å². The molecule has 1 aliphatic heterocycles. The highest BCUT2D eigenvalue weighted by Gasteiger charge is 2.33. The fourth-order valence-corrected chi connectivity index (χ4v) is 3.47. The highest BCUT2D eigenvalue weighted by molar-refractivity contribution is 7.87. The van der Waals surface area contributed by atoms with Crippen molar-refractivity contribution in [3.05, 3.63) is 0 Å². The number of nitrogens with one attached hydrogen (secondary N) is 1. The number of hydrogen-bond acceptors (Lipinski definition) is 5. The largest absolute Gasteiger partial charge is 0.466 e. The molecular formula is C13H27N3O4S. The molecule has 1 aliphatic rings. The van der Waals surface area contributed by atoms with E-state index in [0.717, 1.165) is 0 Å². The van der Waals surface area contributed by atoms with Gasteiger partial charge in [0.15, 0.2) is 0 Å². The lowest BCUT2D eigenvalue weighted by Gasteiger charge is -2.31. The van der Waals surface area contributed by atoms with Crippen molar-refractivity contribution in [3.63, 3.8) is 0 Å². The Labute approximate surface area is 127 Å². The summed E-state index contributed by atoms with van der Waals surface area (Å²) in [5.41, 5.74) is 5.85. The van der Waals surface area contributed by atoms with Crippen LogP contribution in [0.1, 0.15) is 33.6 Å². The van der Waals surface area contributed by atoms with Crippen molar-refractivity contribution in [1.82, 2.24) is 9.03 Å². The van der Waals surface area contributed by atoms with Crippen molar-refractivity contribution in [3.8, 4) is 0 Å². The minimum absolute atomic E-state index is 0.172. The molecule has 0 bridgehead atoms. The molecule has 1 fully saturated rings. The van der Waals surface area contributed by atoms with E-state index >= 15 is 0 Å². The number of rotatable bonds is 7. The van der Waals surface area contributed by atoms with Gasteiger partial charge in [-0.15, -0.1) is 0 Å². The Bertz CT molecular complexity index is 439. The Morgan fingerprint density at radius 2 is 2.14 bits per heavy atom. The summed E-state index contributed by atoms with van der Waals surface area (Å²) in [7, 11) is -3.60. The summed E-state index contributed by atoms with van der Waals surface area (Å²) in [5.74, 6) is -0.508. The normalized spacial score (nSPS) is 22.2. The van der Waals surface area contributed by atoms with E-state index in [9.17, 15) is 13.2 Å². The van der Waals surface area contributed by atoms with Gasteiger partial charge in [-0.25, -0.2) is 4.72 Å². The second-order valence-corrected chi connectivity index (χ2v) is 7.47. The maximum atomic E-state index is 12.2. The van der Waals surface area contributed by atoms with Crippen LogP contribution in [0.15, 0.2) is 0 Å². The van der Waals surface area contributed by atoms with Crippen LogP contribution in [0.25, 0.3) is 0 Å². The van der Waals surface area contributed by atoms with Crippen LogP contribution in [0.3, 0.4) is 0 Å². The predicted molar refractivity (Wildman–Crippen MR) is 80.7 cm³/mol. The number of carbonyl (C=O) groups is 1. The van der Waals surface area contributed by atoms with Gasteiger partial charge >= 0.3 is 5.97 Å². The zero-order valence-corrected chi connectivity index (χ0v) is 13.9. The van der Waals surface area contributed by atoms with E-state index in [0.29, 0.717) is 26.0 Å². The number of piperidine rings is 1. The summed E-state index contributed by atoms with van der Waals surface area (Å²) in [6.07, 6.45) is 1.32. The van der Waals surface area contributed by atoms with Gasteiger partial charge < -0.3 is 10.5 Å². The Hall–Kier alpha value is -0.700. The van der Waals surface area contributed by atoms with Gasteiger partial charge in [-0.1, -0.05) is 13.8 Å². The third-order valence-corrected chi connectivity index (χ3v) is 5.24. The SMILES string of the molecule is CCOC(=O)C1CCCN(S(=O)(=O)NCC(N)C(C)C)C1. The highest BCUT2D eigenvalue weighted by atomic mass is 32.2. The van der Waals surface area contributed by atoms with Crippen LogP contribution in [0.2, 0.25) is 0 Å². The minimum Gasteiger partial charge on any atom is -0.466 e. The maximum absolute atomic E-state index is 12.2. The van der Waals surface area contributed by atoms with Crippen molar-refractivity contribution in [2.45, 2.75) is 39.7 Å². The third kappa shape index (κ3) is 5.54. The lowest BCUT2D eigenvalue weighted by atomic mass is 10.0. The molecule has 0 saturated carbocycles. The number of esters is 1. The first-order chi connectivity index (χ1) is 9.77. The second-order valence-electron chi connectivity index (χ2n) is 5.71. The summed E-state index contributed by atoms with van der Waals surface area (Å²) in [6.45, 7) is 6.72. The summed E-state index contributed by atoms with van der Waals surface area (Å²) >= 11 is 0. The van der Waals surface area contributed by atoms with Crippen molar-refractivity contribution >= 4 is 16.2 Å². The Morgan fingerprint density at radius 1 is 1.48 bits per heavy atom. The molecule has 1 rings (SSSR count). The quantitative estimate of drug-likeness (QED) is 0.647. The lowest BCUT2D eigenvalue weighted by Crippen LogP contribution is -2.50. The Balaban J connectivity index is 2.60. The van der Waals surface area contributed by atoms with Crippen molar-refractivity contribution in [2.24, 2.45) is 17.6 Å². The van der Waals surface area contributed by atoms with Crippen LogP contribution in [0, 0.1) is 11.8 Å². The molecule has 0 aromatic carbocycles. The topological polar surface area (TPSA) is 102 Å². The van der Waals surface area contributed by atoms with Crippen molar-refractivity contribution < 1.29 is 17.9 Å². The molecule has 7 nitrogen and oxygen atoms in total. The first kappa shape index (κ1) is 18.3. The minimum atomic E-state index is -3.60. The van der Waals surface area contributed by atoms with Crippen LogP contribution in [0.5, 0.6) is 0 Å². The fourth-order valence-electron chi connectivity index (χ4n) is 2.14. The number of ether oxygens (including phenoxy) is 1. The predicted octanol–water partition coefficient (Wildman–Crippen LogP) is 0.0792. The molecule has 0 radical (unpaired) electrons. The van der Waals surface area contributed by atoms with Crippen LogP contribution < -0.4 is 10.5 Å². The first-order valence-corrected chi connectivity index (χ1v) is 8.88. The van der Waals surface area contributed by atoms with Crippen LogP contribution in [-0.4, -0.2) is 51.0 Å². The molecule has 21 heavy (non-hydrogen) atoms. The van der Waals surface area contributed by atoms with Gasteiger partial charge in [-0.05, 0) is 25.7 Å². The van der Waals surface area contributed by atoms with Crippen LogP contribution >= 0.6 is 0 Å². The highest BCUT2D eigenvalue weighted by Crippen LogP contribution is 2.19. The molecule has 0 aromatic rings. The summed E-state index contributed by atoms with van der Waals surface area (Å²) in [6, 6.07) is -0.231. The van der Waals surface area contributed by atoms with Crippen molar-refractivity contribution in [2.75, 3.05) is 26.2 Å². The van der Waals surface area contributed by atoms with E-state index in [1.807, 2.05) is 13.8 Å². The summed E-state index contributed by atoms with van der Waals surface area (Å²) < 4.78 is 33.3. The summed E-state index contributed by atoms with van der Waals surface area (Å²) in [4.78, 5) is 11.7. The second kappa shape index (κ2) is 8.07. The third-order valence-electron chi connectivity index (χ3n) is 3.70. The van der Waals surface area contributed by atoms with E-state index in [-0.39, 0.29) is 36.9 Å². The molecule has 0 aliphatic carbocycles. The standard InChI is InChI=1S/C13H27N3O4S/c1-4-20-13(17)11-6-5-7-16(9-11)21(18,19)15-8-12(14)10(2)3/h10-12,15H,4-9,14H2,1-3H3. The van der Waals surface area contributed by atoms with Gasteiger partial charge in [0.1, 0.15) is 0 Å². The average molecular weight is 321 g/mol. The molecule has 0 spiro atoms. The van der Waals surface area contributed by atoms with Crippen LogP contribution in [-0.2, 0) is 19.7 Å². The number of nitrogens with two attached hydrogens (primary N) is 1. The number of carbonyl (C=O) groups excluding carboxylic acids is 1. The molecule has 1 heterocycles. The smallest absolute Gasteiger partial charge is 0.310 e. The zero-order chi connectivity index (χ0) is 16.0. The lowest BCUT2D eigenvalue weighted by molar-refractivity contribution is -0.149. The monoisotopic (exact) mass is 321 g/mol. The molecule has 1 saturated heterocycles. The molecule has 0 amide bonds. The zero-order valence-electron chi connectivity index (χ0n) is 13.0. The fraction of sp³-hybridized carbons (Fsp3) is 0.923. The van der Waals surface area contributed by atoms with E-state index < -0.39 is 10.2 Å². The first-order valence-electron chi connectivity index (χ1n) is 7.44. The number of nitrogens with zero attached hydrogens (tertiary/aromatic N) is 1.